The minimum atomic E-state index is -1.44. The lowest BCUT2D eigenvalue weighted by molar-refractivity contribution is -0.870. The van der Waals surface area contributed by atoms with Crippen LogP contribution in [0.1, 0.15) is 59.5 Å². The second kappa shape index (κ2) is 18.5. The zero-order valence-corrected chi connectivity index (χ0v) is 31.1. The standard InChI is InChI=1S/2C17H15ClO4.C5H14NO/c2*1-17(2,16(20)21)22-14-9-5-12(6-10-14)15(19)11-3-7-13(18)8-4-11;1-6(2,3)4-5-7/h2*3-10H,1-2H3,(H,20,21);7H,4-5H2,1-3H3/q;;+1/p-1. The number of benzene rings is 4. The third-order valence-corrected chi connectivity index (χ3v) is 7.47. The Bertz CT molecular complexity index is 1640. The van der Waals surface area contributed by atoms with Crippen molar-refractivity contribution in [2.45, 2.75) is 38.9 Å². The van der Waals surface area contributed by atoms with E-state index in [2.05, 4.69) is 21.1 Å². The first-order valence-electron chi connectivity index (χ1n) is 15.7. The highest BCUT2D eigenvalue weighted by Gasteiger charge is 2.29. The Morgan fingerprint density at radius 1 is 0.608 bits per heavy atom. The molecular formula is C39H43Cl2NO9. The summed E-state index contributed by atoms with van der Waals surface area (Å²) in [6, 6.07) is 25.8. The van der Waals surface area contributed by atoms with E-state index in [1.807, 2.05) is 0 Å². The maximum Gasteiger partial charge on any atom is 0.347 e. The van der Waals surface area contributed by atoms with Crippen LogP contribution in [0.5, 0.6) is 11.5 Å². The zero-order chi connectivity index (χ0) is 38.6. The number of hydrogen-bond acceptors (Lipinski definition) is 8. The van der Waals surface area contributed by atoms with Crippen molar-refractivity contribution in [1.29, 1.82) is 0 Å². The molecule has 0 aliphatic rings. The van der Waals surface area contributed by atoms with Crippen molar-refractivity contribution in [1.82, 2.24) is 0 Å². The first kappa shape index (κ1) is 42.4. The summed E-state index contributed by atoms with van der Waals surface area (Å²) in [5.74, 6) is -1.92. The molecule has 0 bridgehead atoms. The average Bonchev–Trinajstić information content (AvgIpc) is 3.05. The van der Waals surface area contributed by atoms with Crippen LogP contribution in [-0.4, -0.2) is 83.7 Å². The molecule has 0 radical (unpaired) electrons. The van der Waals surface area contributed by atoms with Crippen LogP contribution < -0.4 is 14.6 Å². The van der Waals surface area contributed by atoms with Crippen LogP contribution in [0, 0.1) is 0 Å². The van der Waals surface area contributed by atoms with Gasteiger partial charge in [-0.2, -0.15) is 0 Å². The number of quaternary nitrogens is 1. The van der Waals surface area contributed by atoms with Crippen LogP contribution in [0.4, 0.5) is 0 Å². The maximum atomic E-state index is 12.3. The van der Waals surface area contributed by atoms with Crippen molar-refractivity contribution >= 4 is 46.7 Å². The molecule has 0 heterocycles. The number of ketones is 2. The van der Waals surface area contributed by atoms with Gasteiger partial charge >= 0.3 is 5.97 Å². The predicted octanol–water partition coefficient (Wildman–Crippen LogP) is 5.98. The van der Waals surface area contributed by atoms with E-state index in [0.29, 0.717) is 43.8 Å². The second-order valence-electron chi connectivity index (χ2n) is 13.3. The minimum absolute atomic E-state index is 0.138. The number of rotatable bonds is 12. The number of nitrogens with zero attached hydrogens (tertiary/aromatic N) is 1. The number of likely N-dealkylation sites (N-methyl/N-ethyl adjacent to an activating group) is 1. The van der Waals surface area contributed by atoms with Gasteiger partial charge < -0.3 is 34.1 Å². The molecule has 4 aromatic rings. The molecule has 0 aliphatic heterocycles. The van der Waals surface area contributed by atoms with Crippen molar-refractivity contribution in [2.24, 2.45) is 0 Å². The molecule has 0 saturated heterocycles. The molecular weight excluding hydrogens is 697 g/mol. The van der Waals surface area contributed by atoms with Crippen molar-refractivity contribution in [2.75, 3.05) is 34.3 Å². The van der Waals surface area contributed by atoms with E-state index < -0.39 is 23.1 Å². The molecule has 12 heteroatoms. The Hall–Kier alpha value is -4.74. The normalized spacial score (nSPS) is 11.2. The summed E-state index contributed by atoms with van der Waals surface area (Å²) in [5, 5.41) is 29.5. The van der Waals surface area contributed by atoms with Gasteiger partial charge in [-0.15, -0.1) is 0 Å². The number of hydrogen-bond donors (Lipinski definition) is 2. The highest BCUT2D eigenvalue weighted by atomic mass is 35.5. The maximum absolute atomic E-state index is 12.3. The van der Waals surface area contributed by atoms with Gasteiger partial charge in [0.25, 0.3) is 0 Å². The average molecular weight is 741 g/mol. The third kappa shape index (κ3) is 14.2. The number of carbonyl (C=O) groups is 4. The lowest BCUT2D eigenvalue weighted by Crippen LogP contribution is -2.47. The Kier molecular flexibility index (Phi) is 15.4. The van der Waals surface area contributed by atoms with Crippen molar-refractivity contribution in [3.63, 3.8) is 0 Å². The summed E-state index contributed by atoms with van der Waals surface area (Å²) in [7, 11) is 6.16. The number of aliphatic carboxylic acids is 2. The molecule has 272 valence electrons. The molecule has 0 atom stereocenters. The van der Waals surface area contributed by atoms with E-state index in [-0.39, 0.29) is 18.2 Å². The number of aliphatic hydroxyl groups excluding tert-OH is 1. The lowest BCUT2D eigenvalue weighted by atomic mass is 10.0. The number of carboxylic acid groups (broad SMARTS) is 2. The van der Waals surface area contributed by atoms with Crippen molar-refractivity contribution in [3.8, 4) is 11.5 Å². The highest BCUT2D eigenvalue weighted by Crippen LogP contribution is 2.22. The van der Waals surface area contributed by atoms with E-state index >= 15 is 0 Å². The van der Waals surface area contributed by atoms with Gasteiger partial charge in [0, 0.05) is 32.3 Å². The predicted molar refractivity (Wildman–Crippen MR) is 195 cm³/mol. The fourth-order valence-electron chi connectivity index (χ4n) is 3.86. The van der Waals surface area contributed by atoms with Gasteiger partial charge in [-0.3, -0.25) is 9.59 Å². The molecule has 0 saturated carbocycles. The summed E-state index contributed by atoms with van der Waals surface area (Å²) in [6.07, 6.45) is 0. The van der Waals surface area contributed by atoms with Gasteiger partial charge in [0.15, 0.2) is 17.2 Å². The van der Waals surface area contributed by atoms with Crippen LogP contribution in [0.2, 0.25) is 10.0 Å². The Morgan fingerprint density at radius 3 is 1.14 bits per heavy atom. The van der Waals surface area contributed by atoms with E-state index in [9.17, 15) is 24.3 Å². The monoisotopic (exact) mass is 739 g/mol. The topological polar surface area (TPSA) is 150 Å². The van der Waals surface area contributed by atoms with Gasteiger partial charge in [-0.05, 0) is 125 Å². The molecule has 2 N–H and O–H groups in total. The van der Waals surface area contributed by atoms with Gasteiger partial charge in [0.05, 0.1) is 33.7 Å². The van der Waals surface area contributed by atoms with E-state index in [1.54, 1.807) is 97.1 Å². The number of carboxylic acids is 2. The quantitative estimate of drug-likeness (QED) is 0.132. The zero-order valence-electron chi connectivity index (χ0n) is 29.6. The van der Waals surface area contributed by atoms with Gasteiger partial charge in [-0.1, -0.05) is 23.2 Å². The summed E-state index contributed by atoms with van der Waals surface area (Å²) < 4.78 is 11.6. The van der Waals surface area contributed by atoms with E-state index in [4.69, 9.17) is 42.9 Å². The first-order chi connectivity index (χ1) is 23.6. The Labute approximate surface area is 308 Å². The summed E-state index contributed by atoms with van der Waals surface area (Å²) in [5.41, 5.74) is -0.760. The van der Waals surface area contributed by atoms with Gasteiger partial charge in [0.1, 0.15) is 23.6 Å². The molecule has 0 aliphatic carbocycles. The smallest absolute Gasteiger partial charge is 0.347 e. The van der Waals surface area contributed by atoms with Crippen LogP contribution >= 0.6 is 23.2 Å². The lowest BCUT2D eigenvalue weighted by Gasteiger charge is -2.27. The largest absolute Gasteiger partial charge is 0.546 e. The van der Waals surface area contributed by atoms with Crippen LogP contribution in [0.3, 0.4) is 0 Å². The molecule has 0 amide bonds. The molecule has 0 fully saturated rings. The third-order valence-electron chi connectivity index (χ3n) is 6.97. The number of ether oxygens (including phenoxy) is 2. The molecule has 51 heavy (non-hydrogen) atoms. The molecule has 10 nitrogen and oxygen atoms in total. The number of aliphatic hydroxyl groups is 1. The van der Waals surface area contributed by atoms with Gasteiger partial charge in [-0.25, -0.2) is 4.79 Å². The Morgan fingerprint density at radius 2 is 0.902 bits per heavy atom. The summed E-state index contributed by atoms with van der Waals surface area (Å²) >= 11 is 11.6. The highest BCUT2D eigenvalue weighted by molar-refractivity contribution is 6.31. The number of halogens is 2. The van der Waals surface area contributed by atoms with Crippen LogP contribution in [0.15, 0.2) is 97.1 Å². The fraction of sp³-hybridized carbons (Fsp3) is 0.282. The summed E-state index contributed by atoms with van der Waals surface area (Å²) in [4.78, 5) is 46.5. The van der Waals surface area contributed by atoms with Crippen molar-refractivity contribution < 1.29 is 48.5 Å². The number of carbonyl (C=O) groups excluding carboxylic acids is 3. The molecule has 4 aromatic carbocycles. The Balaban J connectivity index is 0.000000299. The van der Waals surface area contributed by atoms with E-state index in [0.717, 1.165) is 11.0 Å². The summed E-state index contributed by atoms with van der Waals surface area (Å²) in [6.45, 7) is 6.83. The minimum Gasteiger partial charge on any atom is -0.546 e. The van der Waals surface area contributed by atoms with Crippen molar-refractivity contribution in [3.05, 3.63) is 129 Å². The first-order valence-corrected chi connectivity index (χ1v) is 16.5. The van der Waals surface area contributed by atoms with Crippen LogP contribution in [0.25, 0.3) is 0 Å². The fourth-order valence-corrected chi connectivity index (χ4v) is 4.11. The molecule has 4 rings (SSSR count). The molecule has 0 unspecified atom stereocenters. The SMILES string of the molecule is CC(C)(Oc1ccc(C(=O)c2ccc(Cl)cc2)cc1)C(=O)O.CC(C)(Oc1ccc(C(=O)c2ccc(Cl)cc2)cc1)C(=O)[O-].C[N+](C)(C)CCO. The van der Waals surface area contributed by atoms with Gasteiger partial charge in [0.2, 0.25) is 0 Å². The molecule has 0 aromatic heterocycles. The second-order valence-corrected chi connectivity index (χ2v) is 14.1. The van der Waals surface area contributed by atoms with Crippen LogP contribution in [-0.2, 0) is 9.59 Å². The molecule has 0 spiro atoms. The van der Waals surface area contributed by atoms with E-state index in [1.165, 1.54) is 27.7 Å².